The molecule has 104 valence electrons. The van der Waals surface area contributed by atoms with E-state index in [0.717, 1.165) is 32.3 Å². The molecular formula is C14H26N2O2. The molecule has 1 rings (SSSR count). The summed E-state index contributed by atoms with van der Waals surface area (Å²) in [7, 11) is 1.67. The quantitative estimate of drug-likeness (QED) is 0.674. The van der Waals surface area contributed by atoms with Gasteiger partial charge in [-0.1, -0.05) is 6.42 Å². The Kier molecular flexibility index (Phi) is 6.62. The van der Waals surface area contributed by atoms with Crippen molar-refractivity contribution in [2.75, 3.05) is 26.9 Å². The van der Waals surface area contributed by atoms with Crippen molar-refractivity contribution >= 4 is 0 Å². The molecule has 0 heterocycles. The molecule has 0 amide bonds. The van der Waals surface area contributed by atoms with Gasteiger partial charge in [0, 0.05) is 19.8 Å². The summed E-state index contributed by atoms with van der Waals surface area (Å²) in [5.41, 5.74) is -0.335. The summed E-state index contributed by atoms with van der Waals surface area (Å²) < 4.78 is 10.5. The van der Waals surface area contributed by atoms with Gasteiger partial charge in [-0.3, -0.25) is 5.32 Å². The van der Waals surface area contributed by atoms with E-state index in [9.17, 15) is 5.26 Å². The van der Waals surface area contributed by atoms with E-state index in [4.69, 9.17) is 9.47 Å². The monoisotopic (exact) mass is 254 g/mol. The number of hydrogen-bond donors (Lipinski definition) is 1. The third-order valence-electron chi connectivity index (χ3n) is 3.61. The number of nitriles is 1. The Morgan fingerprint density at radius 1 is 1.39 bits per heavy atom. The number of rotatable bonds is 8. The second-order valence-corrected chi connectivity index (χ2v) is 5.37. The molecule has 0 radical (unpaired) electrons. The lowest BCUT2D eigenvalue weighted by atomic mass is 9.85. The first-order chi connectivity index (χ1) is 8.64. The van der Waals surface area contributed by atoms with E-state index >= 15 is 0 Å². The maximum Gasteiger partial charge on any atom is 0.109 e. The summed E-state index contributed by atoms with van der Waals surface area (Å²) in [5, 5.41) is 13.0. The predicted molar refractivity (Wildman–Crippen MR) is 71.3 cm³/mol. The maximum absolute atomic E-state index is 9.50. The second-order valence-electron chi connectivity index (χ2n) is 5.37. The van der Waals surface area contributed by atoms with Crippen molar-refractivity contribution in [3.63, 3.8) is 0 Å². The SMILES string of the molecule is COCCOCCC1CCCC1(C#N)NC(C)C. The second kappa shape index (κ2) is 7.73. The van der Waals surface area contributed by atoms with Crippen molar-refractivity contribution < 1.29 is 9.47 Å². The minimum Gasteiger partial charge on any atom is -0.382 e. The van der Waals surface area contributed by atoms with Crippen LogP contribution in [0.4, 0.5) is 0 Å². The van der Waals surface area contributed by atoms with Gasteiger partial charge in [-0.05, 0) is 39.0 Å². The summed E-state index contributed by atoms with van der Waals surface area (Å²) in [5.74, 6) is 0.410. The van der Waals surface area contributed by atoms with Gasteiger partial charge in [-0.2, -0.15) is 5.26 Å². The molecule has 0 saturated heterocycles. The Hall–Kier alpha value is -0.630. The van der Waals surface area contributed by atoms with E-state index in [1.807, 2.05) is 0 Å². The highest BCUT2D eigenvalue weighted by atomic mass is 16.5. The van der Waals surface area contributed by atoms with Crippen molar-refractivity contribution in [1.29, 1.82) is 5.26 Å². The van der Waals surface area contributed by atoms with Crippen LogP contribution in [-0.4, -0.2) is 38.5 Å². The molecule has 1 N–H and O–H groups in total. The van der Waals surface area contributed by atoms with E-state index < -0.39 is 0 Å². The Balaban J connectivity index is 2.40. The van der Waals surface area contributed by atoms with Gasteiger partial charge in [0.15, 0.2) is 0 Å². The molecule has 1 aliphatic rings. The number of hydrogen-bond acceptors (Lipinski definition) is 4. The summed E-state index contributed by atoms with van der Waals surface area (Å²) in [6.45, 7) is 6.20. The molecule has 1 aliphatic carbocycles. The zero-order valence-electron chi connectivity index (χ0n) is 11.9. The van der Waals surface area contributed by atoms with Gasteiger partial charge in [0.1, 0.15) is 5.54 Å². The van der Waals surface area contributed by atoms with Crippen LogP contribution in [0.3, 0.4) is 0 Å². The summed E-state index contributed by atoms with van der Waals surface area (Å²) in [6, 6.07) is 2.87. The van der Waals surface area contributed by atoms with Crippen LogP contribution in [0.15, 0.2) is 0 Å². The lowest BCUT2D eigenvalue weighted by Gasteiger charge is -2.32. The van der Waals surface area contributed by atoms with Gasteiger partial charge in [-0.25, -0.2) is 0 Å². The molecule has 1 saturated carbocycles. The molecule has 4 heteroatoms. The van der Waals surface area contributed by atoms with Crippen LogP contribution >= 0.6 is 0 Å². The topological polar surface area (TPSA) is 54.3 Å². The number of nitrogens with one attached hydrogen (secondary N) is 1. The van der Waals surface area contributed by atoms with Crippen molar-refractivity contribution in [1.82, 2.24) is 5.32 Å². The zero-order chi connectivity index (χ0) is 13.4. The molecule has 18 heavy (non-hydrogen) atoms. The molecule has 0 aromatic carbocycles. The maximum atomic E-state index is 9.50. The number of nitrogens with zero attached hydrogens (tertiary/aromatic N) is 1. The smallest absolute Gasteiger partial charge is 0.109 e. The summed E-state index contributed by atoms with van der Waals surface area (Å²) >= 11 is 0. The van der Waals surface area contributed by atoms with Crippen molar-refractivity contribution in [3.05, 3.63) is 0 Å². The Bertz CT molecular complexity index is 275. The third-order valence-corrected chi connectivity index (χ3v) is 3.61. The molecule has 0 bridgehead atoms. The molecule has 2 unspecified atom stereocenters. The largest absolute Gasteiger partial charge is 0.382 e. The lowest BCUT2D eigenvalue weighted by molar-refractivity contribution is 0.0598. The van der Waals surface area contributed by atoms with E-state index in [0.29, 0.717) is 25.2 Å². The van der Waals surface area contributed by atoms with Gasteiger partial charge in [0.05, 0.1) is 19.3 Å². The fraction of sp³-hybridized carbons (Fsp3) is 0.929. The van der Waals surface area contributed by atoms with Crippen LogP contribution in [0, 0.1) is 17.2 Å². The first kappa shape index (κ1) is 15.4. The van der Waals surface area contributed by atoms with Gasteiger partial charge in [0.2, 0.25) is 0 Å². The van der Waals surface area contributed by atoms with E-state index in [1.165, 1.54) is 0 Å². The molecule has 4 nitrogen and oxygen atoms in total. The van der Waals surface area contributed by atoms with Crippen LogP contribution in [0.1, 0.15) is 39.5 Å². The molecule has 1 fully saturated rings. The van der Waals surface area contributed by atoms with Gasteiger partial charge in [0.25, 0.3) is 0 Å². The fourth-order valence-electron chi connectivity index (χ4n) is 2.82. The minimum atomic E-state index is -0.335. The predicted octanol–water partition coefficient (Wildman–Crippen LogP) is 2.10. The van der Waals surface area contributed by atoms with Gasteiger partial charge >= 0.3 is 0 Å². The molecule has 0 aromatic rings. The van der Waals surface area contributed by atoms with Crippen molar-refractivity contribution in [2.45, 2.75) is 51.1 Å². The molecule has 0 aromatic heterocycles. The summed E-state index contributed by atoms with van der Waals surface area (Å²) in [4.78, 5) is 0. The Morgan fingerprint density at radius 3 is 2.78 bits per heavy atom. The van der Waals surface area contributed by atoms with Gasteiger partial charge in [-0.15, -0.1) is 0 Å². The van der Waals surface area contributed by atoms with Crippen LogP contribution in [0.25, 0.3) is 0 Å². The van der Waals surface area contributed by atoms with Crippen LogP contribution in [0.5, 0.6) is 0 Å². The third kappa shape index (κ3) is 4.24. The number of methoxy groups -OCH3 is 1. The van der Waals surface area contributed by atoms with Crippen LogP contribution in [0.2, 0.25) is 0 Å². The highest BCUT2D eigenvalue weighted by molar-refractivity contribution is 5.14. The normalized spacial score (nSPS) is 27.6. The number of ether oxygens (including phenoxy) is 2. The van der Waals surface area contributed by atoms with Gasteiger partial charge < -0.3 is 9.47 Å². The van der Waals surface area contributed by atoms with Crippen LogP contribution in [-0.2, 0) is 9.47 Å². The Labute approximate surface area is 111 Å². The zero-order valence-corrected chi connectivity index (χ0v) is 11.9. The van der Waals surface area contributed by atoms with E-state index in [1.54, 1.807) is 7.11 Å². The molecule has 0 spiro atoms. The lowest BCUT2D eigenvalue weighted by Crippen LogP contribution is -2.50. The average Bonchev–Trinajstić information content (AvgIpc) is 2.72. The molecular weight excluding hydrogens is 228 g/mol. The van der Waals surface area contributed by atoms with E-state index in [-0.39, 0.29) is 5.54 Å². The average molecular weight is 254 g/mol. The van der Waals surface area contributed by atoms with E-state index in [2.05, 4.69) is 25.2 Å². The first-order valence-corrected chi connectivity index (χ1v) is 6.90. The van der Waals surface area contributed by atoms with Crippen molar-refractivity contribution in [3.8, 4) is 6.07 Å². The fourth-order valence-corrected chi connectivity index (χ4v) is 2.82. The summed E-state index contributed by atoms with van der Waals surface area (Å²) in [6.07, 6.45) is 4.18. The highest BCUT2D eigenvalue weighted by Crippen LogP contribution is 2.37. The van der Waals surface area contributed by atoms with Crippen molar-refractivity contribution in [2.24, 2.45) is 5.92 Å². The molecule has 0 aliphatic heterocycles. The van der Waals surface area contributed by atoms with Crippen LogP contribution < -0.4 is 5.32 Å². The molecule has 2 atom stereocenters. The Morgan fingerprint density at radius 2 is 2.17 bits per heavy atom. The first-order valence-electron chi connectivity index (χ1n) is 6.90. The minimum absolute atomic E-state index is 0.335. The highest BCUT2D eigenvalue weighted by Gasteiger charge is 2.42. The standard InChI is InChI=1S/C14H26N2O2/c1-12(2)16-14(11-15)7-4-5-13(14)6-8-18-10-9-17-3/h12-13,16H,4-10H2,1-3H3.